The average molecular weight is 276 g/mol. The Morgan fingerprint density at radius 2 is 2.25 bits per heavy atom. The fraction of sp³-hybridized carbons (Fsp3) is 0.688. The lowest BCUT2D eigenvalue weighted by Gasteiger charge is -2.36. The molecule has 112 valence electrons. The number of nitrogens with one attached hydrogen (secondary N) is 1. The Hall–Kier alpha value is -1.13. The third-order valence-corrected chi connectivity index (χ3v) is 4.18. The zero-order chi connectivity index (χ0) is 14.5. The van der Waals surface area contributed by atoms with Gasteiger partial charge in [0.2, 0.25) is 0 Å². The number of anilines is 1. The highest BCUT2D eigenvalue weighted by Gasteiger charge is 2.22. The first-order chi connectivity index (χ1) is 9.63. The molecule has 1 atom stereocenters. The molecule has 4 nitrogen and oxygen atoms in total. The van der Waals surface area contributed by atoms with E-state index in [1.165, 1.54) is 30.6 Å². The van der Waals surface area contributed by atoms with Crippen LogP contribution < -0.4 is 10.2 Å². The summed E-state index contributed by atoms with van der Waals surface area (Å²) in [6, 6.07) is 5.02. The fourth-order valence-corrected chi connectivity index (χ4v) is 2.94. The van der Waals surface area contributed by atoms with Crippen LogP contribution in [0.5, 0.6) is 0 Å². The van der Waals surface area contributed by atoms with Gasteiger partial charge in [-0.3, -0.25) is 0 Å². The van der Waals surface area contributed by atoms with Gasteiger partial charge in [-0.25, -0.2) is 4.98 Å². The maximum absolute atomic E-state index is 4.81. The lowest BCUT2D eigenvalue weighted by molar-refractivity contribution is 0.247. The zero-order valence-electron chi connectivity index (χ0n) is 13.3. The lowest BCUT2D eigenvalue weighted by atomic mass is 10.0. The topological polar surface area (TPSA) is 31.4 Å². The summed E-state index contributed by atoms with van der Waals surface area (Å²) in [5, 5.41) is 3.23. The van der Waals surface area contributed by atoms with Gasteiger partial charge in [0, 0.05) is 31.9 Å². The van der Waals surface area contributed by atoms with Gasteiger partial charge in [0.05, 0.1) is 0 Å². The molecule has 4 heteroatoms. The molecule has 0 amide bonds. The summed E-state index contributed by atoms with van der Waals surface area (Å²) in [5.74, 6) is 1.12. The van der Waals surface area contributed by atoms with Crippen molar-refractivity contribution in [2.24, 2.45) is 0 Å². The van der Waals surface area contributed by atoms with E-state index in [4.69, 9.17) is 4.98 Å². The predicted molar refractivity (Wildman–Crippen MR) is 85.3 cm³/mol. The number of likely N-dealkylation sites (tertiary alicyclic amines) is 1. The number of aromatic nitrogens is 1. The first-order valence-electron chi connectivity index (χ1n) is 7.69. The lowest BCUT2D eigenvalue weighted by Crippen LogP contribution is -2.45. The molecule has 1 aromatic heterocycles. The molecule has 1 aromatic rings. The monoisotopic (exact) mass is 276 g/mol. The van der Waals surface area contributed by atoms with E-state index in [1.54, 1.807) is 0 Å². The van der Waals surface area contributed by atoms with E-state index >= 15 is 0 Å². The van der Waals surface area contributed by atoms with Crippen LogP contribution in [0.15, 0.2) is 12.1 Å². The van der Waals surface area contributed by atoms with Crippen molar-refractivity contribution in [2.45, 2.75) is 38.8 Å². The van der Waals surface area contributed by atoms with E-state index in [9.17, 15) is 0 Å². The van der Waals surface area contributed by atoms with Gasteiger partial charge >= 0.3 is 0 Å². The minimum Gasteiger partial charge on any atom is -0.355 e. The highest BCUT2D eigenvalue weighted by molar-refractivity contribution is 5.43. The molecule has 1 aliphatic rings. The van der Waals surface area contributed by atoms with Gasteiger partial charge in [-0.15, -0.1) is 0 Å². The number of rotatable bonds is 5. The van der Waals surface area contributed by atoms with E-state index < -0.39 is 0 Å². The van der Waals surface area contributed by atoms with Gasteiger partial charge in [0.1, 0.15) is 5.82 Å². The van der Waals surface area contributed by atoms with E-state index in [2.05, 4.69) is 48.3 Å². The Kier molecular flexibility index (Phi) is 5.38. The third-order valence-electron chi connectivity index (χ3n) is 4.18. The number of pyridine rings is 1. The normalized spacial score (nSPS) is 20.1. The van der Waals surface area contributed by atoms with Crippen molar-refractivity contribution in [3.05, 3.63) is 23.4 Å². The van der Waals surface area contributed by atoms with Gasteiger partial charge < -0.3 is 15.1 Å². The van der Waals surface area contributed by atoms with Gasteiger partial charge in [0.15, 0.2) is 0 Å². The molecule has 0 saturated carbocycles. The van der Waals surface area contributed by atoms with Crippen molar-refractivity contribution in [3.8, 4) is 0 Å². The van der Waals surface area contributed by atoms with Crippen LogP contribution in [0.2, 0.25) is 0 Å². The summed E-state index contributed by atoms with van der Waals surface area (Å²) in [4.78, 5) is 9.60. The van der Waals surface area contributed by atoms with E-state index in [-0.39, 0.29) is 0 Å². The third kappa shape index (κ3) is 3.70. The second-order valence-electron chi connectivity index (χ2n) is 5.88. The zero-order valence-corrected chi connectivity index (χ0v) is 13.3. The SMILES string of the molecule is CCc1cc(CNC)cc(N(C)C2CCCN(C)C2)n1. The van der Waals surface area contributed by atoms with E-state index in [1.807, 2.05) is 7.05 Å². The molecule has 0 radical (unpaired) electrons. The summed E-state index contributed by atoms with van der Waals surface area (Å²) in [7, 11) is 6.39. The second kappa shape index (κ2) is 7.04. The highest BCUT2D eigenvalue weighted by Crippen LogP contribution is 2.21. The summed E-state index contributed by atoms with van der Waals surface area (Å²) in [5.41, 5.74) is 2.51. The molecule has 0 aliphatic carbocycles. The van der Waals surface area contributed by atoms with Crippen LogP contribution in [-0.2, 0) is 13.0 Å². The number of aryl methyl sites for hydroxylation is 1. The van der Waals surface area contributed by atoms with Crippen molar-refractivity contribution in [1.29, 1.82) is 0 Å². The summed E-state index contributed by atoms with van der Waals surface area (Å²) in [6.45, 7) is 5.43. The summed E-state index contributed by atoms with van der Waals surface area (Å²) in [6.07, 6.45) is 3.53. The smallest absolute Gasteiger partial charge is 0.129 e. The number of hydrogen-bond acceptors (Lipinski definition) is 4. The standard InChI is InChI=1S/C16H28N4/c1-5-14-9-13(11-17-2)10-16(18-14)20(4)15-7-6-8-19(3)12-15/h9-10,15,17H,5-8,11-12H2,1-4H3. The maximum Gasteiger partial charge on any atom is 0.129 e. The molecule has 0 aromatic carbocycles. The molecular weight excluding hydrogens is 248 g/mol. The molecule has 1 unspecified atom stereocenters. The molecule has 20 heavy (non-hydrogen) atoms. The number of likely N-dealkylation sites (N-methyl/N-ethyl adjacent to an activating group) is 2. The van der Waals surface area contributed by atoms with Crippen LogP contribution >= 0.6 is 0 Å². The largest absolute Gasteiger partial charge is 0.355 e. The minimum atomic E-state index is 0.579. The highest BCUT2D eigenvalue weighted by atomic mass is 15.2. The Morgan fingerprint density at radius 1 is 1.45 bits per heavy atom. The number of nitrogens with zero attached hydrogens (tertiary/aromatic N) is 3. The minimum absolute atomic E-state index is 0.579. The van der Waals surface area contributed by atoms with Crippen molar-refractivity contribution in [3.63, 3.8) is 0 Å². The van der Waals surface area contributed by atoms with E-state index in [0.29, 0.717) is 6.04 Å². The van der Waals surface area contributed by atoms with E-state index in [0.717, 1.165) is 25.3 Å². The molecule has 2 heterocycles. The van der Waals surface area contributed by atoms with Crippen LogP contribution in [0.1, 0.15) is 31.0 Å². The molecule has 1 N–H and O–H groups in total. The number of piperidine rings is 1. The predicted octanol–water partition coefficient (Wildman–Crippen LogP) is 1.89. The van der Waals surface area contributed by atoms with Crippen molar-refractivity contribution in [2.75, 3.05) is 39.1 Å². The molecule has 1 fully saturated rings. The van der Waals surface area contributed by atoms with Crippen molar-refractivity contribution < 1.29 is 0 Å². The average Bonchev–Trinajstić information content (AvgIpc) is 2.46. The Morgan fingerprint density at radius 3 is 2.90 bits per heavy atom. The first kappa shape index (κ1) is 15.3. The van der Waals surface area contributed by atoms with Crippen LogP contribution in [-0.4, -0.2) is 50.2 Å². The van der Waals surface area contributed by atoms with Crippen molar-refractivity contribution >= 4 is 5.82 Å². The molecule has 1 saturated heterocycles. The molecule has 0 spiro atoms. The molecule has 2 rings (SSSR count). The Labute approximate surface area is 123 Å². The summed E-state index contributed by atoms with van der Waals surface area (Å²) < 4.78 is 0. The Balaban J connectivity index is 2.19. The van der Waals surface area contributed by atoms with Gasteiger partial charge in [-0.2, -0.15) is 0 Å². The van der Waals surface area contributed by atoms with Crippen LogP contribution in [0.3, 0.4) is 0 Å². The number of hydrogen-bond donors (Lipinski definition) is 1. The van der Waals surface area contributed by atoms with Crippen LogP contribution in [0.25, 0.3) is 0 Å². The van der Waals surface area contributed by atoms with Gasteiger partial charge in [-0.05, 0) is 57.6 Å². The Bertz CT molecular complexity index is 432. The molecule has 1 aliphatic heterocycles. The quantitative estimate of drug-likeness (QED) is 0.890. The first-order valence-corrected chi connectivity index (χ1v) is 7.69. The van der Waals surface area contributed by atoms with Crippen LogP contribution in [0.4, 0.5) is 5.82 Å². The van der Waals surface area contributed by atoms with Gasteiger partial charge in [0.25, 0.3) is 0 Å². The molecular formula is C16H28N4. The van der Waals surface area contributed by atoms with Crippen molar-refractivity contribution in [1.82, 2.24) is 15.2 Å². The second-order valence-corrected chi connectivity index (χ2v) is 5.88. The molecule has 0 bridgehead atoms. The maximum atomic E-state index is 4.81. The fourth-order valence-electron chi connectivity index (χ4n) is 2.94. The van der Waals surface area contributed by atoms with Gasteiger partial charge in [-0.1, -0.05) is 6.92 Å². The van der Waals surface area contributed by atoms with Crippen LogP contribution in [0, 0.1) is 0 Å². The summed E-state index contributed by atoms with van der Waals surface area (Å²) >= 11 is 0.